The molecular formula is C40H78O5. The first kappa shape index (κ1) is 43.9. The number of carbonyl (C=O) groups excluding carboxylic acids is 2. The molecule has 0 aliphatic rings. The summed E-state index contributed by atoms with van der Waals surface area (Å²) >= 11 is 0. The van der Waals surface area contributed by atoms with Gasteiger partial charge in [0, 0.05) is 6.61 Å². The Labute approximate surface area is 281 Å². The van der Waals surface area contributed by atoms with Crippen LogP contribution in [0, 0.1) is 0 Å². The molecule has 0 spiro atoms. The van der Waals surface area contributed by atoms with Gasteiger partial charge in [-0.15, -0.1) is 0 Å². The van der Waals surface area contributed by atoms with Crippen molar-refractivity contribution in [1.29, 1.82) is 0 Å². The molecule has 0 fully saturated rings. The lowest BCUT2D eigenvalue weighted by Gasteiger charge is -2.17. The Morgan fingerprint density at radius 1 is 0.378 bits per heavy atom. The second-order valence-electron chi connectivity index (χ2n) is 13.5. The molecular weight excluding hydrogens is 560 g/mol. The molecule has 0 bridgehead atoms. The number of ether oxygens (including phenoxy) is 3. The first-order valence-corrected chi connectivity index (χ1v) is 20.1. The summed E-state index contributed by atoms with van der Waals surface area (Å²) < 4.78 is 16.9. The van der Waals surface area contributed by atoms with Crippen LogP contribution in [-0.4, -0.2) is 37.9 Å². The molecule has 0 rings (SSSR count). The van der Waals surface area contributed by atoms with Gasteiger partial charge in [-0.25, -0.2) is 4.79 Å². The van der Waals surface area contributed by atoms with E-state index in [1.807, 2.05) is 0 Å². The number of unbranched alkanes of at least 4 members (excludes halogenated alkanes) is 27. The summed E-state index contributed by atoms with van der Waals surface area (Å²) in [7, 11) is 0. The summed E-state index contributed by atoms with van der Waals surface area (Å²) in [5.74, 6) is -0.764. The SMILES string of the molecule is CCCCCCCCCCCCCCCCOC(CC(=O)OCCCCCCCCCC)C(=O)OCCCCCCCCCC. The minimum atomic E-state index is -0.855. The maximum Gasteiger partial charge on any atom is 0.335 e. The van der Waals surface area contributed by atoms with Crippen LogP contribution >= 0.6 is 0 Å². The van der Waals surface area contributed by atoms with E-state index in [1.165, 1.54) is 154 Å². The van der Waals surface area contributed by atoms with Crippen molar-refractivity contribution in [2.24, 2.45) is 0 Å². The zero-order valence-electron chi connectivity index (χ0n) is 30.7. The Kier molecular flexibility index (Phi) is 36.4. The van der Waals surface area contributed by atoms with Crippen LogP contribution in [0.5, 0.6) is 0 Å². The van der Waals surface area contributed by atoms with Gasteiger partial charge in [0.05, 0.1) is 19.6 Å². The smallest absolute Gasteiger partial charge is 0.335 e. The lowest BCUT2D eigenvalue weighted by molar-refractivity contribution is -0.164. The van der Waals surface area contributed by atoms with Crippen molar-refractivity contribution in [3.05, 3.63) is 0 Å². The largest absolute Gasteiger partial charge is 0.466 e. The van der Waals surface area contributed by atoms with E-state index in [4.69, 9.17) is 14.2 Å². The number of carbonyl (C=O) groups is 2. The van der Waals surface area contributed by atoms with Crippen LogP contribution < -0.4 is 0 Å². The average molecular weight is 639 g/mol. The molecule has 0 radical (unpaired) electrons. The Balaban J connectivity index is 4.17. The summed E-state index contributed by atoms with van der Waals surface area (Å²) in [5.41, 5.74) is 0. The summed E-state index contributed by atoms with van der Waals surface area (Å²) in [6.07, 6.45) is 36.5. The predicted molar refractivity (Wildman–Crippen MR) is 192 cm³/mol. The van der Waals surface area contributed by atoms with Crippen LogP contribution in [0.4, 0.5) is 0 Å². The third kappa shape index (κ3) is 34.1. The van der Waals surface area contributed by atoms with Crippen molar-refractivity contribution in [3.8, 4) is 0 Å². The Morgan fingerprint density at radius 2 is 0.667 bits per heavy atom. The summed E-state index contributed by atoms with van der Waals surface area (Å²) in [4.78, 5) is 25.4. The monoisotopic (exact) mass is 639 g/mol. The van der Waals surface area contributed by atoms with Gasteiger partial charge >= 0.3 is 11.9 Å². The molecule has 0 heterocycles. The Bertz CT molecular complexity index is 607. The minimum Gasteiger partial charge on any atom is -0.466 e. The molecule has 268 valence electrons. The maximum absolute atomic E-state index is 12.8. The molecule has 5 heteroatoms. The molecule has 0 aromatic heterocycles. The molecule has 0 amide bonds. The van der Waals surface area contributed by atoms with Crippen LogP contribution in [0.2, 0.25) is 0 Å². The van der Waals surface area contributed by atoms with Gasteiger partial charge in [-0.1, -0.05) is 194 Å². The van der Waals surface area contributed by atoms with Gasteiger partial charge in [0.2, 0.25) is 0 Å². The van der Waals surface area contributed by atoms with E-state index in [0.29, 0.717) is 19.8 Å². The zero-order valence-corrected chi connectivity index (χ0v) is 30.7. The second-order valence-corrected chi connectivity index (χ2v) is 13.5. The lowest BCUT2D eigenvalue weighted by atomic mass is 10.0. The highest BCUT2D eigenvalue weighted by Crippen LogP contribution is 2.15. The molecule has 45 heavy (non-hydrogen) atoms. The van der Waals surface area contributed by atoms with Gasteiger partial charge < -0.3 is 14.2 Å². The topological polar surface area (TPSA) is 61.8 Å². The summed E-state index contributed by atoms with van der Waals surface area (Å²) in [6.45, 7) is 8.06. The third-order valence-corrected chi connectivity index (χ3v) is 8.94. The normalized spacial score (nSPS) is 12.0. The summed E-state index contributed by atoms with van der Waals surface area (Å²) in [6, 6.07) is 0. The predicted octanol–water partition coefficient (Wildman–Crippen LogP) is 12.6. The molecule has 0 N–H and O–H groups in total. The zero-order chi connectivity index (χ0) is 32.9. The van der Waals surface area contributed by atoms with E-state index in [2.05, 4.69) is 20.8 Å². The highest BCUT2D eigenvalue weighted by atomic mass is 16.6. The molecule has 1 unspecified atom stereocenters. The number of hydrogen-bond donors (Lipinski definition) is 0. The molecule has 0 aromatic carbocycles. The maximum atomic E-state index is 12.8. The van der Waals surface area contributed by atoms with E-state index < -0.39 is 12.1 Å². The summed E-state index contributed by atoms with van der Waals surface area (Å²) in [5, 5.41) is 0. The number of hydrogen-bond acceptors (Lipinski definition) is 5. The molecule has 5 nitrogen and oxygen atoms in total. The first-order valence-electron chi connectivity index (χ1n) is 20.1. The van der Waals surface area contributed by atoms with Crippen LogP contribution in [0.15, 0.2) is 0 Å². The second kappa shape index (κ2) is 37.4. The Hall–Kier alpha value is -1.10. The van der Waals surface area contributed by atoms with Crippen molar-refractivity contribution in [3.63, 3.8) is 0 Å². The van der Waals surface area contributed by atoms with E-state index in [-0.39, 0.29) is 12.4 Å². The van der Waals surface area contributed by atoms with Crippen LogP contribution in [0.3, 0.4) is 0 Å². The minimum absolute atomic E-state index is 0.0497. The number of rotatable bonds is 37. The van der Waals surface area contributed by atoms with Crippen molar-refractivity contribution >= 4 is 11.9 Å². The third-order valence-electron chi connectivity index (χ3n) is 8.94. The fourth-order valence-corrected chi connectivity index (χ4v) is 5.87. The van der Waals surface area contributed by atoms with Gasteiger partial charge in [0.15, 0.2) is 6.10 Å². The molecule has 0 saturated heterocycles. The van der Waals surface area contributed by atoms with Gasteiger partial charge in [-0.05, 0) is 19.3 Å². The highest BCUT2D eigenvalue weighted by molar-refractivity contribution is 5.81. The van der Waals surface area contributed by atoms with Crippen molar-refractivity contribution in [1.82, 2.24) is 0 Å². The standard InChI is InChI=1S/C40H78O5/c1-4-7-10-13-16-19-20-21-22-23-24-27-28-31-34-43-38(40(42)45-36-33-30-26-18-15-12-9-6-3)37-39(41)44-35-32-29-25-17-14-11-8-5-2/h38H,4-37H2,1-3H3. The first-order chi connectivity index (χ1) is 22.2. The van der Waals surface area contributed by atoms with E-state index >= 15 is 0 Å². The molecule has 0 aliphatic heterocycles. The quantitative estimate of drug-likeness (QED) is 0.0500. The average Bonchev–Trinajstić information content (AvgIpc) is 3.04. The fraction of sp³-hybridized carbons (Fsp3) is 0.950. The Morgan fingerprint density at radius 3 is 1.02 bits per heavy atom. The molecule has 0 aliphatic carbocycles. The van der Waals surface area contributed by atoms with Gasteiger partial charge in [-0.3, -0.25) is 4.79 Å². The van der Waals surface area contributed by atoms with E-state index in [1.54, 1.807) is 0 Å². The molecule has 0 saturated carbocycles. The highest BCUT2D eigenvalue weighted by Gasteiger charge is 2.25. The van der Waals surface area contributed by atoms with Crippen LogP contribution in [0.1, 0.15) is 220 Å². The lowest BCUT2D eigenvalue weighted by Crippen LogP contribution is -2.30. The van der Waals surface area contributed by atoms with Crippen molar-refractivity contribution in [2.75, 3.05) is 19.8 Å². The van der Waals surface area contributed by atoms with Gasteiger partial charge in [0.25, 0.3) is 0 Å². The fourth-order valence-electron chi connectivity index (χ4n) is 5.87. The van der Waals surface area contributed by atoms with Gasteiger partial charge in [0.1, 0.15) is 0 Å². The van der Waals surface area contributed by atoms with E-state index in [9.17, 15) is 9.59 Å². The van der Waals surface area contributed by atoms with Crippen LogP contribution in [0.25, 0.3) is 0 Å². The van der Waals surface area contributed by atoms with Crippen molar-refractivity contribution < 1.29 is 23.8 Å². The molecule has 0 aromatic rings. The molecule has 1 atom stereocenters. The van der Waals surface area contributed by atoms with Crippen LogP contribution in [-0.2, 0) is 23.8 Å². The van der Waals surface area contributed by atoms with Crippen molar-refractivity contribution in [2.45, 2.75) is 226 Å². The number of esters is 2. The van der Waals surface area contributed by atoms with E-state index in [0.717, 1.165) is 38.5 Å². The van der Waals surface area contributed by atoms with Gasteiger partial charge in [-0.2, -0.15) is 0 Å².